The number of carboxylic acids is 1. The largest absolute Gasteiger partial charge is 0.479 e. The molecule has 0 saturated heterocycles. The minimum Gasteiger partial charge on any atom is -0.479 e. The van der Waals surface area contributed by atoms with Crippen molar-refractivity contribution in [2.75, 3.05) is 0 Å². The molecule has 0 radical (unpaired) electrons. The third kappa shape index (κ3) is 2.31. The summed E-state index contributed by atoms with van der Waals surface area (Å²) >= 11 is 6.17. The molecule has 7 heteroatoms. The summed E-state index contributed by atoms with van der Waals surface area (Å²) in [5.41, 5.74) is 0.351. The highest BCUT2D eigenvalue weighted by Crippen LogP contribution is 2.29. The molecule has 0 bridgehead atoms. The fourth-order valence-corrected chi connectivity index (χ4v) is 1.94. The second-order valence-electron chi connectivity index (χ2n) is 4.76. The maximum Gasteiger partial charge on any atom is 0.331 e. The Hall–Kier alpha value is -1.95. The van der Waals surface area contributed by atoms with Crippen LogP contribution in [-0.2, 0) is 10.3 Å². The first-order chi connectivity index (χ1) is 8.84. The van der Waals surface area contributed by atoms with Gasteiger partial charge in [-0.25, -0.2) is 9.48 Å². The molecule has 0 aliphatic rings. The van der Waals surface area contributed by atoms with Gasteiger partial charge in [-0.1, -0.05) is 17.7 Å². The number of nitrogens with zero attached hydrogens (tertiary/aromatic N) is 4. The molecule has 0 unspecified atom stereocenters. The number of carboxylic acid groups (broad SMARTS) is 1. The standard InChI is InChI=1S/C12H13ClN4O2/c1-7-4-5-8(9(13)6-7)10-14-15-16-17(10)12(2,3)11(18)19/h4-6H,1-3H3,(H,18,19). The van der Waals surface area contributed by atoms with Crippen LogP contribution in [0, 0.1) is 6.92 Å². The van der Waals surface area contributed by atoms with Crippen LogP contribution >= 0.6 is 11.6 Å². The summed E-state index contributed by atoms with van der Waals surface area (Å²) in [4.78, 5) is 11.3. The minimum absolute atomic E-state index is 0.331. The molecule has 0 amide bonds. The Labute approximate surface area is 115 Å². The fourth-order valence-electron chi connectivity index (χ4n) is 1.62. The maximum atomic E-state index is 11.3. The minimum atomic E-state index is -1.26. The second-order valence-corrected chi connectivity index (χ2v) is 5.17. The molecule has 0 aliphatic carbocycles. The first-order valence-corrected chi connectivity index (χ1v) is 6.00. The molecule has 1 aromatic heterocycles. The van der Waals surface area contributed by atoms with Gasteiger partial charge >= 0.3 is 5.97 Å². The predicted octanol–water partition coefficient (Wildman–Crippen LogP) is 2.12. The Morgan fingerprint density at radius 1 is 1.42 bits per heavy atom. The van der Waals surface area contributed by atoms with Crippen molar-refractivity contribution in [2.45, 2.75) is 26.3 Å². The Kier molecular flexibility index (Phi) is 3.28. The zero-order valence-electron chi connectivity index (χ0n) is 10.8. The summed E-state index contributed by atoms with van der Waals surface area (Å²) in [6.45, 7) is 4.97. The van der Waals surface area contributed by atoms with Gasteiger partial charge in [0, 0.05) is 5.56 Å². The highest BCUT2D eigenvalue weighted by Gasteiger charge is 2.34. The highest BCUT2D eigenvalue weighted by atomic mass is 35.5. The summed E-state index contributed by atoms with van der Waals surface area (Å²) in [5, 5.41) is 20.9. The summed E-state index contributed by atoms with van der Waals surface area (Å²) in [5.74, 6) is -0.693. The Balaban J connectivity index is 2.60. The smallest absolute Gasteiger partial charge is 0.331 e. The first kappa shape index (κ1) is 13.5. The van der Waals surface area contributed by atoms with Crippen LogP contribution in [-0.4, -0.2) is 31.3 Å². The molecular formula is C12H13ClN4O2. The Morgan fingerprint density at radius 3 is 2.68 bits per heavy atom. The number of aromatic nitrogens is 4. The molecule has 1 N–H and O–H groups in total. The van der Waals surface area contributed by atoms with E-state index in [0.717, 1.165) is 5.56 Å². The average molecular weight is 281 g/mol. The van der Waals surface area contributed by atoms with E-state index in [4.69, 9.17) is 11.6 Å². The van der Waals surface area contributed by atoms with E-state index in [9.17, 15) is 9.90 Å². The van der Waals surface area contributed by atoms with Gasteiger partial charge < -0.3 is 5.11 Å². The van der Waals surface area contributed by atoms with Gasteiger partial charge in [0.05, 0.1) is 5.02 Å². The summed E-state index contributed by atoms with van der Waals surface area (Å²) in [6.07, 6.45) is 0. The van der Waals surface area contributed by atoms with Gasteiger partial charge in [-0.2, -0.15) is 0 Å². The lowest BCUT2D eigenvalue weighted by Gasteiger charge is -2.20. The predicted molar refractivity (Wildman–Crippen MR) is 70.0 cm³/mol. The number of hydrogen-bond acceptors (Lipinski definition) is 4. The third-order valence-electron chi connectivity index (χ3n) is 2.89. The molecule has 0 saturated carbocycles. The van der Waals surface area contributed by atoms with Crippen LogP contribution in [0.2, 0.25) is 5.02 Å². The monoisotopic (exact) mass is 280 g/mol. The van der Waals surface area contributed by atoms with Crippen molar-refractivity contribution in [1.82, 2.24) is 20.2 Å². The maximum absolute atomic E-state index is 11.3. The Morgan fingerprint density at radius 2 is 2.11 bits per heavy atom. The van der Waals surface area contributed by atoms with Gasteiger partial charge in [-0.15, -0.1) is 5.10 Å². The van der Waals surface area contributed by atoms with E-state index < -0.39 is 11.5 Å². The molecule has 1 heterocycles. The van der Waals surface area contributed by atoms with Crippen LogP contribution in [0.3, 0.4) is 0 Å². The van der Waals surface area contributed by atoms with Gasteiger partial charge in [-0.3, -0.25) is 0 Å². The Bertz CT molecular complexity index is 636. The first-order valence-electron chi connectivity index (χ1n) is 5.63. The number of benzene rings is 1. The summed E-state index contributed by atoms with van der Waals surface area (Å²) in [6, 6.07) is 5.43. The normalized spacial score (nSPS) is 11.6. The van der Waals surface area contributed by atoms with Gasteiger partial charge in [0.25, 0.3) is 0 Å². The zero-order chi connectivity index (χ0) is 14.2. The van der Waals surface area contributed by atoms with E-state index in [2.05, 4.69) is 15.5 Å². The van der Waals surface area contributed by atoms with E-state index in [-0.39, 0.29) is 0 Å². The lowest BCUT2D eigenvalue weighted by molar-refractivity contribution is -0.146. The summed E-state index contributed by atoms with van der Waals surface area (Å²) < 4.78 is 1.26. The number of halogens is 1. The third-order valence-corrected chi connectivity index (χ3v) is 3.20. The number of carbonyl (C=O) groups is 1. The van der Waals surface area contributed by atoms with Gasteiger partial charge in [-0.05, 0) is 48.9 Å². The second kappa shape index (κ2) is 4.62. The fraction of sp³-hybridized carbons (Fsp3) is 0.333. The zero-order valence-corrected chi connectivity index (χ0v) is 11.5. The van der Waals surface area contributed by atoms with E-state index in [0.29, 0.717) is 16.4 Å². The average Bonchev–Trinajstić information content (AvgIpc) is 2.78. The molecule has 100 valence electrons. The van der Waals surface area contributed by atoms with Crippen molar-refractivity contribution in [3.05, 3.63) is 28.8 Å². The number of tetrazole rings is 1. The molecule has 0 fully saturated rings. The van der Waals surface area contributed by atoms with Gasteiger partial charge in [0.15, 0.2) is 11.4 Å². The van der Waals surface area contributed by atoms with Crippen LogP contribution in [0.1, 0.15) is 19.4 Å². The highest BCUT2D eigenvalue weighted by molar-refractivity contribution is 6.33. The van der Waals surface area contributed by atoms with Crippen LogP contribution < -0.4 is 0 Å². The van der Waals surface area contributed by atoms with Crippen molar-refractivity contribution < 1.29 is 9.90 Å². The SMILES string of the molecule is Cc1ccc(-c2nnnn2C(C)(C)C(=O)O)c(Cl)c1. The van der Waals surface area contributed by atoms with Crippen LogP contribution in [0.25, 0.3) is 11.4 Å². The molecule has 0 atom stereocenters. The van der Waals surface area contributed by atoms with Gasteiger partial charge in [0.1, 0.15) is 0 Å². The lowest BCUT2D eigenvalue weighted by Crippen LogP contribution is -2.37. The van der Waals surface area contributed by atoms with E-state index in [1.807, 2.05) is 13.0 Å². The van der Waals surface area contributed by atoms with E-state index >= 15 is 0 Å². The number of aliphatic carboxylic acids is 1. The quantitative estimate of drug-likeness (QED) is 0.931. The van der Waals surface area contributed by atoms with Crippen LogP contribution in [0.15, 0.2) is 18.2 Å². The van der Waals surface area contributed by atoms with Crippen molar-refractivity contribution in [3.8, 4) is 11.4 Å². The van der Waals surface area contributed by atoms with Crippen molar-refractivity contribution in [1.29, 1.82) is 0 Å². The van der Waals surface area contributed by atoms with Crippen molar-refractivity contribution in [3.63, 3.8) is 0 Å². The van der Waals surface area contributed by atoms with Crippen LogP contribution in [0.5, 0.6) is 0 Å². The van der Waals surface area contributed by atoms with Crippen molar-refractivity contribution >= 4 is 17.6 Å². The molecule has 1 aromatic carbocycles. The molecule has 2 rings (SSSR count). The molecular weight excluding hydrogens is 268 g/mol. The van der Waals surface area contributed by atoms with E-state index in [1.54, 1.807) is 12.1 Å². The van der Waals surface area contributed by atoms with Gasteiger partial charge in [0.2, 0.25) is 0 Å². The molecule has 6 nitrogen and oxygen atoms in total. The molecule has 19 heavy (non-hydrogen) atoms. The lowest BCUT2D eigenvalue weighted by atomic mass is 10.1. The molecule has 0 spiro atoms. The number of hydrogen-bond donors (Lipinski definition) is 1. The van der Waals surface area contributed by atoms with Crippen molar-refractivity contribution in [2.24, 2.45) is 0 Å². The number of aryl methyl sites for hydroxylation is 1. The number of rotatable bonds is 3. The molecule has 2 aromatic rings. The molecule has 0 aliphatic heterocycles. The summed E-state index contributed by atoms with van der Waals surface area (Å²) in [7, 11) is 0. The topological polar surface area (TPSA) is 80.9 Å². The van der Waals surface area contributed by atoms with Crippen LogP contribution in [0.4, 0.5) is 0 Å². The van der Waals surface area contributed by atoms with E-state index in [1.165, 1.54) is 18.5 Å².